The van der Waals surface area contributed by atoms with Crippen LogP contribution in [0.2, 0.25) is 0 Å². The third-order valence-corrected chi connectivity index (χ3v) is 4.20. The standard InChI is InChI=1S/C18H18N6/c1-13-17(22-12-21-13)18-20-8-10-24(18)16-6-4-3-5-15(16)11-23-9-7-19-14(23)2/h3-10,12H,11H2,1-2H3,(H,21,22). The molecule has 0 saturated heterocycles. The largest absolute Gasteiger partial charge is 0.348 e. The van der Waals surface area contributed by atoms with Gasteiger partial charge in [0.1, 0.15) is 11.5 Å². The van der Waals surface area contributed by atoms with E-state index < -0.39 is 0 Å². The van der Waals surface area contributed by atoms with E-state index in [9.17, 15) is 0 Å². The Morgan fingerprint density at radius 2 is 1.83 bits per heavy atom. The fourth-order valence-corrected chi connectivity index (χ4v) is 2.89. The van der Waals surface area contributed by atoms with Crippen LogP contribution in [0.15, 0.2) is 55.4 Å². The summed E-state index contributed by atoms with van der Waals surface area (Å²) in [6.45, 7) is 4.78. The molecule has 6 heteroatoms. The molecule has 24 heavy (non-hydrogen) atoms. The third-order valence-electron chi connectivity index (χ3n) is 4.20. The van der Waals surface area contributed by atoms with Crippen LogP contribution in [0.3, 0.4) is 0 Å². The van der Waals surface area contributed by atoms with Crippen molar-refractivity contribution in [3.05, 3.63) is 72.5 Å². The molecule has 120 valence electrons. The van der Waals surface area contributed by atoms with Gasteiger partial charge in [-0.05, 0) is 25.5 Å². The lowest BCUT2D eigenvalue weighted by Gasteiger charge is -2.14. The normalized spacial score (nSPS) is 11.1. The van der Waals surface area contributed by atoms with Crippen LogP contribution >= 0.6 is 0 Å². The van der Waals surface area contributed by atoms with E-state index in [2.05, 4.69) is 47.3 Å². The van der Waals surface area contributed by atoms with Gasteiger partial charge in [0.05, 0.1) is 18.6 Å². The maximum Gasteiger partial charge on any atom is 0.165 e. The number of nitrogens with one attached hydrogen (secondary N) is 1. The van der Waals surface area contributed by atoms with Crippen molar-refractivity contribution in [2.24, 2.45) is 0 Å². The lowest BCUT2D eigenvalue weighted by Crippen LogP contribution is -2.06. The average Bonchev–Trinajstić information content (AvgIpc) is 3.30. The van der Waals surface area contributed by atoms with Gasteiger partial charge in [0.2, 0.25) is 0 Å². The predicted molar refractivity (Wildman–Crippen MR) is 91.9 cm³/mol. The lowest BCUT2D eigenvalue weighted by molar-refractivity contribution is 0.756. The van der Waals surface area contributed by atoms with Crippen LogP contribution in [0, 0.1) is 13.8 Å². The zero-order chi connectivity index (χ0) is 16.5. The maximum atomic E-state index is 4.51. The van der Waals surface area contributed by atoms with E-state index in [1.54, 1.807) is 6.33 Å². The number of nitrogens with zero attached hydrogens (tertiary/aromatic N) is 5. The van der Waals surface area contributed by atoms with Crippen LogP contribution in [0.25, 0.3) is 17.2 Å². The molecule has 6 nitrogen and oxygen atoms in total. The molecular weight excluding hydrogens is 300 g/mol. The summed E-state index contributed by atoms with van der Waals surface area (Å²) in [4.78, 5) is 16.3. The third kappa shape index (κ3) is 2.42. The van der Waals surface area contributed by atoms with Crippen molar-refractivity contribution in [2.45, 2.75) is 20.4 Å². The Morgan fingerprint density at radius 3 is 2.58 bits per heavy atom. The van der Waals surface area contributed by atoms with Crippen molar-refractivity contribution in [1.29, 1.82) is 0 Å². The zero-order valence-corrected chi connectivity index (χ0v) is 13.6. The minimum absolute atomic E-state index is 0.763. The maximum absolute atomic E-state index is 4.51. The molecule has 0 unspecified atom stereocenters. The van der Waals surface area contributed by atoms with E-state index in [0.717, 1.165) is 35.3 Å². The predicted octanol–water partition coefficient (Wildman–Crippen LogP) is 3.12. The van der Waals surface area contributed by atoms with E-state index in [1.165, 1.54) is 5.56 Å². The van der Waals surface area contributed by atoms with Gasteiger partial charge in [-0.15, -0.1) is 0 Å². The van der Waals surface area contributed by atoms with Crippen LogP contribution in [0.4, 0.5) is 0 Å². The molecular formula is C18H18N6. The Labute approximate surface area is 139 Å². The summed E-state index contributed by atoms with van der Waals surface area (Å²) in [6, 6.07) is 8.34. The van der Waals surface area contributed by atoms with Gasteiger partial charge in [-0.1, -0.05) is 18.2 Å². The summed E-state index contributed by atoms with van der Waals surface area (Å²) >= 11 is 0. The zero-order valence-electron chi connectivity index (χ0n) is 13.6. The molecule has 0 aliphatic rings. The molecule has 1 aromatic carbocycles. The minimum atomic E-state index is 0.763. The van der Waals surface area contributed by atoms with E-state index in [-0.39, 0.29) is 0 Å². The second kappa shape index (κ2) is 5.81. The highest BCUT2D eigenvalue weighted by molar-refractivity contribution is 5.58. The Bertz CT molecular complexity index is 975. The van der Waals surface area contributed by atoms with Crippen molar-refractivity contribution >= 4 is 0 Å². The van der Waals surface area contributed by atoms with E-state index >= 15 is 0 Å². The Balaban J connectivity index is 1.80. The van der Waals surface area contributed by atoms with Crippen molar-refractivity contribution in [2.75, 3.05) is 0 Å². The lowest BCUT2D eigenvalue weighted by atomic mass is 10.1. The smallest absolute Gasteiger partial charge is 0.165 e. The second-order valence-electron chi connectivity index (χ2n) is 5.73. The fraction of sp³-hybridized carbons (Fsp3) is 0.167. The minimum Gasteiger partial charge on any atom is -0.348 e. The molecule has 0 amide bonds. The first-order chi connectivity index (χ1) is 11.7. The summed E-state index contributed by atoms with van der Waals surface area (Å²) in [6.07, 6.45) is 9.31. The summed E-state index contributed by atoms with van der Waals surface area (Å²) < 4.78 is 4.22. The van der Waals surface area contributed by atoms with E-state index in [0.29, 0.717) is 0 Å². The highest BCUT2D eigenvalue weighted by Gasteiger charge is 2.14. The number of rotatable bonds is 4. The molecule has 1 N–H and O–H groups in total. The molecule has 0 aliphatic carbocycles. The second-order valence-corrected chi connectivity index (χ2v) is 5.73. The molecule has 4 rings (SSSR count). The van der Waals surface area contributed by atoms with Gasteiger partial charge >= 0.3 is 0 Å². The van der Waals surface area contributed by atoms with Gasteiger partial charge in [-0.25, -0.2) is 15.0 Å². The Hall–Kier alpha value is -3.15. The van der Waals surface area contributed by atoms with E-state index in [1.807, 2.05) is 44.7 Å². The number of imidazole rings is 3. The number of aromatic nitrogens is 6. The fourth-order valence-electron chi connectivity index (χ4n) is 2.89. The van der Waals surface area contributed by atoms with Crippen molar-refractivity contribution in [3.63, 3.8) is 0 Å². The van der Waals surface area contributed by atoms with Crippen molar-refractivity contribution < 1.29 is 0 Å². The number of aromatic amines is 1. The first-order valence-electron chi connectivity index (χ1n) is 7.84. The molecule has 3 heterocycles. The SMILES string of the molecule is Cc1[nH]cnc1-c1nccn1-c1ccccc1Cn1ccnc1C. The van der Waals surface area contributed by atoms with Crippen LogP contribution < -0.4 is 0 Å². The monoisotopic (exact) mass is 318 g/mol. The number of hydrogen-bond acceptors (Lipinski definition) is 3. The molecule has 0 spiro atoms. The van der Waals surface area contributed by atoms with Crippen LogP contribution in [0.1, 0.15) is 17.1 Å². The topological polar surface area (TPSA) is 64.3 Å². The molecule has 0 bridgehead atoms. The van der Waals surface area contributed by atoms with E-state index in [4.69, 9.17) is 0 Å². The first-order valence-corrected chi connectivity index (χ1v) is 7.84. The van der Waals surface area contributed by atoms with Gasteiger partial charge in [-0.2, -0.15) is 0 Å². The van der Waals surface area contributed by atoms with Gasteiger partial charge in [0.25, 0.3) is 0 Å². The number of hydrogen-bond donors (Lipinski definition) is 1. The highest BCUT2D eigenvalue weighted by Crippen LogP contribution is 2.24. The van der Waals surface area contributed by atoms with Crippen LogP contribution in [0.5, 0.6) is 0 Å². The van der Waals surface area contributed by atoms with Crippen LogP contribution in [-0.4, -0.2) is 29.1 Å². The van der Waals surface area contributed by atoms with Gasteiger partial charge in [-0.3, -0.25) is 4.57 Å². The van der Waals surface area contributed by atoms with Gasteiger partial charge < -0.3 is 9.55 Å². The molecule has 4 aromatic rings. The summed E-state index contributed by atoms with van der Waals surface area (Å²) in [5.74, 6) is 1.84. The number of para-hydroxylation sites is 1. The summed E-state index contributed by atoms with van der Waals surface area (Å²) in [5.41, 5.74) is 4.17. The number of H-pyrrole nitrogens is 1. The van der Waals surface area contributed by atoms with Gasteiger partial charge in [0, 0.05) is 30.5 Å². The molecule has 0 saturated carbocycles. The Morgan fingerprint density at radius 1 is 1.00 bits per heavy atom. The highest BCUT2D eigenvalue weighted by atomic mass is 15.1. The molecule has 3 aromatic heterocycles. The van der Waals surface area contributed by atoms with Crippen molar-refractivity contribution in [1.82, 2.24) is 29.1 Å². The first kappa shape index (κ1) is 14.4. The Kier molecular flexibility index (Phi) is 3.49. The summed E-state index contributed by atoms with van der Waals surface area (Å²) in [7, 11) is 0. The molecule has 0 radical (unpaired) electrons. The average molecular weight is 318 g/mol. The van der Waals surface area contributed by atoms with Crippen LogP contribution in [-0.2, 0) is 6.54 Å². The number of aryl methyl sites for hydroxylation is 2. The van der Waals surface area contributed by atoms with Gasteiger partial charge in [0.15, 0.2) is 5.82 Å². The van der Waals surface area contributed by atoms with Crippen molar-refractivity contribution in [3.8, 4) is 17.2 Å². The molecule has 0 aliphatic heterocycles. The summed E-state index contributed by atoms with van der Waals surface area (Å²) in [5, 5.41) is 0. The number of benzene rings is 1. The quantitative estimate of drug-likeness (QED) is 0.629. The molecule has 0 atom stereocenters. The molecule has 0 fully saturated rings.